The molecular formula is C20H18ClN3O2S. The van der Waals surface area contributed by atoms with Gasteiger partial charge in [-0.3, -0.25) is 5.10 Å². The lowest BCUT2D eigenvalue weighted by molar-refractivity contribution is 0.404. The van der Waals surface area contributed by atoms with Crippen molar-refractivity contribution < 1.29 is 9.47 Å². The van der Waals surface area contributed by atoms with Crippen molar-refractivity contribution in [3.05, 3.63) is 59.4 Å². The van der Waals surface area contributed by atoms with E-state index in [0.29, 0.717) is 0 Å². The fraction of sp³-hybridized carbons (Fsp3) is 0.150. The monoisotopic (exact) mass is 399 g/mol. The summed E-state index contributed by atoms with van der Waals surface area (Å²) in [6.07, 6.45) is 2.01. The Morgan fingerprint density at radius 3 is 2.78 bits per heavy atom. The second-order valence-electron chi connectivity index (χ2n) is 5.98. The van der Waals surface area contributed by atoms with Crippen LogP contribution in [0, 0.1) is 0 Å². The van der Waals surface area contributed by atoms with Gasteiger partial charge in [0.05, 0.1) is 19.9 Å². The summed E-state index contributed by atoms with van der Waals surface area (Å²) in [4.78, 5) is 4.44. The van der Waals surface area contributed by atoms with Gasteiger partial charge in [-0.05, 0) is 36.4 Å². The average molecular weight is 400 g/mol. The Morgan fingerprint density at radius 2 is 1.96 bits per heavy atom. The Hall–Kier alpha value is -2.57. The van der Waals surface area contributed by atoms with E-state index in [1.165, 1.54) is 10.3 Å². The highest BCUT2D eigenvalue weighted by atomic mass is 35.5. The summed E-state index contributed by atoms with van der Waals surface area (Å²) in [5.74, 6) is 2.30. The highest BCUT2D eigenvalue weighted by Crippen LogP contribution is 2.34. The topological polar surface area (TPSA) is 62.9 Å². The predicted molar refractivity (Wildman–Crippen MR) is 110 cm³/mol. The van der Waals surface area contributed by atoms with Crippen molar-refractivity contribution in [2.75, 3.05) is 14.2 Å². The molecular weight excluding hydrogens is 382 g/mol. The molecule has 5 nitrogen and oxygen atoms in total. The number of H-pyrrole nitrogens is 2. The molecule has 0 radical (unpaired) electrons. The predicted octanol–water partition coefficient (Wildman–Crippen LogP) is 5.52. The van der Waals surface area contributed by atoms with Crippen LogP contribution in [0.2, 0.25) is 5.02 Å². The molecule has 0 saturated heterocycles. The van der Waals surface area contributed by atoms with Crippen LogP contribution in [0.15, 0.2) is 53.6 Å². The molecule has 4 aromatic rings. The largest absolute Gasteiger partial charge is 0.497 e. The summed E-state index contributed by atoms with van der Waals surface area (Å²) in [5.41, 5.74) is 3.79. The molecule has 0 atom stereocenters. The minimum atomic E-state index is 0.728. The first-order chi connectivity index (χ1) is 13.2. The van der Waals surface area contributed by atoms with E-state index >= 15 is 0 Å². The van der Waals surface area contributed by atoms with E-state index in [1.54, 1.807) is 26.0 Å². The minimum Gasteiger partial charge on any atom is -0.497 e. The van der Waals surface area contributed by atoms with Gasteiger partial charge in [0.1, 0.15) is 11.5 Å². The lowest BCUT2D eigenvalue weighted by atomic mass is 10.1. The second-order valence-corrected chi connectivity index (χ2v) is 7.43. The SMILES string of the molecule is COc1ccc(OC)c(-c2cc(CSc3c[nH]c4cc(Cl)ccc34)[nH]n2)c1. The van der Waals surface area contributed by atoms with Crippen LogP contribution in [0.1, 0.15) is 5.69 Å². The molecule has 0 unspecified atom stereocenters. The van der Waals surface area contributed by atoms with Gasteiger partial charge in [-0.1, -0.05) is 17.7 Å². The molecule has 2 aromatic heterocycles. The molecule has 0 fully saturated rings. The Balaban J connectivity index is 1.55. The molecule has 0 aliphatic rings. The highest BCUT2D eigenvalue weighted by molar-refractivity contribution is 7.98. The first-order valence-corrected chi connectivity index (χ1v) is 9.70. The number of halogens is 1. The second kappa shape index (κ2) is 7.58. The van der Waals surface area contributed by atoms with Crippen LogP contribution in [0.4, 0.5) is 0 Å². The molecule has 138 valence electrons. The van der Waals surface area contributed by atoms with E-state index in [0.717, 1.165) is 44.7 Å². The third kappa shape index (κ3) is 3.63. The van der Waals surface area contributed by atoms with Gasteiger partial charge >= 0.3 is 0 Å². The normalized spacial score (nSPS) is 11.1. The fourth-order valence-electron chi connectivity index (χ4n) is 2.93. The number of aromatic amines is 2. The van der Waals surface area contributed by atoms with Crippen molar-refractivity contribution in [1.82, 2.24) is 15.2 Å². The van der Waals surface area contributed by atoms with Crippen molar-refractivity contribution >= 4 is 34.3 Å². The minimum absolute atomic E-state index is 0.728. The van der Waals surface area contributed by atoms with Gasteiger partial charge in [0.2, 0.25) is 0 Å². The zero-order valence-corrected chi connectivity index (χ0v) is 16.4. The number of methoxy groups -OCH3 is 2. The number of nitrogens with zero attached hydrogens (tertiary/aromatic N) is 1. The van der Waals surface area contributed by atoms with Gasteiger partial charge < -0.3 is 14.5 Å². The van der Waals surface area contributed by atoms with Crippen molar-refractivity contribution in [3.63, 3.8) is 0 Å². The van der Waals surface area contributed by atoms with Gasteiger partial charge in [0.15, 0.2) is 0 Å². The summed E-state index contributed by atoms with van der Waals surface area (Å²) in [7, 11) is 3.30. The first-order valence-electron chi connectivity index (χ1n) is 8.34. The number of thioether (sulfide) groups is 1. The van der Waals surface area contributed by atoms with E-state index < -0.39 is 0 Å². The van der Waals surface area contributed by atoms with Crippen molar-refractivity contribution in [2.45, 2.75) is 10.6 Å². The summed E-state index contributed by atoms with van der Waals surface area (Å²) in [6, 6.07) is 13.6. The maximum absolute atomic E-state index is 6.05. The smallest absolute Gasteiger partial charge is 0.128 e. The molecule has 27 heavy (non-hydrogen) atoms. The highest BCUT2D eigenvalue weighted by Gasteiger charge is 2.12. The Kier molecular flexibility index (Phi) is 5.01. The Bertz CT molecular complexity index is 1090. The standard InChI is InChI=1S/C20H18ClN3O2S/c1-25-14-4-6-19(26-2)16(9-14)18-8-13(23-24-18)11-27-20-10-22-17-7-12(21)3-5-15(17)20/h3-10,22H,11H2,1-2H3,(H,23,24). The van der Waals surface area contributed by atoms with Gasteiger partial charge in [-0.2, -0.15) is 5.10 Å². The molecule has 0 bridgehead atoms. The number of rotatable bonds is 6. The number of hydrogen-bond donors (Lipinski definition) is 2. The molecule has 2 aromatic carbocycles. The zero-order valence-electron chi connectivity index (χ0n) is 14.9. The van der Waals surface area contributed by atoms with Crippen LogP contribution in [0.5, 0.6) is 11.5 Å². The van der Waals surface area contributed by atoms with E-state index in [1.807, 2.05) is 48.7 Å². The van der Waals surface area contributed by atoms with Crippen molar-refractivity contribution in [2.24, 2.45) is 0 Å². The Morgan fingerprint density at radius 1 is 1.07 bits per heavy atom. The third-order valence-electron chi connectivity index (χ3n) is 4.30. The maximum Gasteiger partial charge on any atom is 0.128 e. The van der Waals surface area contributed by atoms with E-state index in [9.17, 15) is 0 Å². The molecule has 0 spiro atoms. The van der Waals surface area contributed by atoms with Gasteiger partial charge in [-0.25, -0.2) is 0 Å². The van der Waals surface area contributed by atoms with Crippen LogP contribution in [-0.4, -0.2) is 29.4 Å². The summed E-state index contributed by atoms with van der Waals surface area (Å²) in [6.45, 7) is 0. The molecule has 4 rings (SSSR count). The van der Waals surface area contributed by atoms with E-state index in [2.05, 4.69) is 15.2 Å². The lowest BCUT2D eigenvalue weighted by Gasteiger charge is -2.08. The van der Waals surface area contributed by atoms with Crippen LogP contribution >= 0.6 is 23.4 Å². The summed E-state index contributed by atoms with van der Waals surface area (Å²) >= 11 is 7.79. The average Bonchev–Trinajstić information content (AvgIpc) is 3.32. The number of benzene rings is 2. The number of ether oxygens (including phenoxy) is 2. The summed E-state index contributed by atoms with van der Waals surface area (Å²) in [5, 5.41) is 9.45. The van der Waals surface area contributed by atoms with E-state index in [-0.39, 0.29) is 0 Å². The maximum atomic E-state index is 6.05. The number of nitrogens with one attached hydrogen (secondary N) is 2. The first kappa shape index (κ1) is 17.8. The Labute approximate surface area is 166 Å². The molecule has 0 amide bonds. The lowest BCUT2D eigenvalue weighted by Crippen LogP contribution is -1.90. The van der Waals surface area contributed by atoms with Crippen LogP contribution in [0.25, 0.3) is 22.2 Å². The number of hydrogen-bond acceptors (Lipinski definition) is 4. The zero-order chi connectivity index (χ0) is 18.8. The van der Waals surface area contributed by atoms with Crippen LogP contribution < -0.4 is 9.47 Å². The van der Waals surface area contributed by atoms with Gasteiger partial charge in [0, 0.05) is 44.0 Å². The fourth-order valence-corrected chi connectivity index (χ4v) is 4.04. The number of fused-ring (bicyclic) bond motifs is 1. The van der Waals surface area contributed by atoms with Crippen molar-refractivity contribution in [3.8, 4) is 22.8 Å². The molecule has 2 heterocycles. The van der Waals surface area contributed by atoms with E-state index in [4.69, 9.17) is 21.1 Å². The number of aromatic nitrogens is 3. The quantitative estimate of drug-likeness (QED) is 0.419. The van der Waals surface area contributed by atoms with Gasteiger partial charge in [-0.15, -0.1) is 11.8 Å². The van der Waals surface area contributed by atoms with Crippen LogP contribution in [-0.2, 0) is 5.75 Å². The molecule has 7 heteroatoms. The molecule has 0 aliphatic heterocycles. The van der Waals surface area contributed by atoms with Crippen LogP contribution in [0.3, 0.4) is 0 Å². The third-order valence-corrected chi connectivity index (χ3v) is 5.64. The van der Waals surface area contributed by atoms with Crippen molar-refractivity contribution in [1.29, 1.82) is 0 Å². The van der Waals surface area contributed by atoms with Gasteiger partial charge in [0.25, 0.3) is 0 Å². The molecule has 0 aliphatic carbocycles. The molecule has 2 N–H and O–H groups in total. The molecule has 0 saturated carbocycles. The summed E-state index contributed by atoms with van der Waals surface area (Å²) < 4.78 is 10.8.